The number of aliphatic hydroxyl groups excluding tert-OH is 1. The summed E-state index contributed by atoms with van der Waals surface area (Å²) in [4.78, 5) is 27.6. The van der Waals surface area contributed by atoms with Crippen LogP contribution in [0, 0.1) is 5.82 Å². The minimum Gasteiger partial charge on any atom is -0.497 e. The lowest BCUT2D eigenvalue weighted by molar-refractivity contribution is -0.123. The van der Waals surface area contributed by atoms with Crippen LogP contribution < -0.4 is 19.5 Å². The summed E-state index contributed by atoms with van der Waals surface area (Å²) < 4.78 is 29.9. The molecule has 0 saturated carbocycles. The molecule has 0 radical (unpaired) electrons. The Morgan fingerprint density at radius 1 is 0.884 bits per heavy atom. The molecule has 1 heterocycles. The number of carbonyl (C=O) groups excluding carboxylic acids is 2. The van der Waals surface area contributed by atoms with E-state index in [-0.39, 0.29) is 37.1 Å². The standard InChI is InChI=1S/C34H41FN2O6/c1-41-27-16-12-25(13-17-27)31(38)9-3-5-11-33(39)36-30(24-37-20-6-7-21-37)34(40)26-14-18-28(19-15-26)42-22-23-43-32-10-4-2-8-29(32)35/h2,4,8,10,12-19,30,34,40H,3,5-7,9,11,20-24H2,1H3,(H,36,39). The second-order valence-corrected chi connectivity index (χ2v) is 10.7. The van der Waals surface area contributed by atoms with E-state index >= 15 is 0 Å². The molecule has 0 spiro atoms. The Balaban J connectivity index is 1.24. The van der Waals surface area contributed by atoms with E-state index in [4.69, 9.17) is 14.2 Å². The minimum atomic E-state index is -0.903. The van der Waals surface area contributed by atoms with E-state index in [1.807, 2.05) is 0 Å². The average Bonchev–Trinajstić information content (AvgIpc) is 3.55. The van der Waals surface area contributed by atoms with Crippen LogP contribution in [0.25, 0.3) is 0 Å². The van der Waals surface area contributed by atoms with Crippen molar-refractivity contribution >= 4 is 11.7 Å². The minimum absolute atomic E-state index is 0.0374. The number of ether oxygens (including phenoxy) is 3. The fourth-order valence-electron chi connectivity index (χ4n) is 5.11. The maximum Gasteiger partial charge on any atom is 0.220 e. The van der Waals surface area contributed by atoms with Gasteiger partial charge in [-0.2, -0.15) is 0 Å². The Morgan fingerprint density at radius 3 is 2.23 bits per heavy atom. The fraction of sp³-hybridized carbons (Fsp3) is 0.412. The molecule has 4 rings (SSSR count). The molecule has 1 amide bonds. The number of unbranched alkanes of at least 4 members (excludes halogenated alkanes) is 1. The van der Waals surface area contributed by atoms with Gasteiger partial charge >= 0.3 is 0 Å². The molecule has 2 unspecified atom stereocenters. The van der Waals surface area contributed by atoms with Crippen LogP contribution in [-0.2, 0) is 4.79 Å². The number of Topliss-reactive ketones (excluding diaryl/α,β-unsaturated/α-hetero) is 1. The molecular formula is C34H41FN2O6. The first-order chi connectivity index (χ1) is 20.9. The number of hydrogen-bond donors (Lipinski definition) is 2. The van der Waals surface area contributed by atoms with Gasteiger partial charge in [-0.25, -0.2) is 4.39 Å². The largest absolute Gasteiger partial charge is 0.497 e. The third-order valence-electron chi connectivity index (χ3n) is 7.52. The SMILES string of the molecule is COc1ccc(C(=O)CCCCC(=O)NC(CN2CCCC2)C(O)c2ccc(OCCOc3ccccc3F)cc2)cc1. The number of nitrogens with one attached hydrogen (secondary N) is 1. The first kappa shape index (κ1) is 32.0. The molecule has 230 valence electrons. The highest BCUT2D eigenvalue weighted by Crippen LogP contribution is 2.23. The number of para-hydroxylation sites is 1. The number of aliphatic hydroxyl groups is 1. The molecule has 2 N–H and O–H groups in total. The van der Waals surface area contributed by atoms with Crippen molar-refractivity contribution < 1.29 is 33.3 Å². The molecule has 0 aromatic heterocycles. The Hall–Kier alpha value is -3.95. The number of likely N-dealkylation sites (tertiary alicyclic amines) is 1. The van der Waals surface area contributed by atoms with Gasteiger partial charge in [-0.1, -0.05) is 24.3 Å². The number of methoxy groups -OCH3 is 1. The first-order valence-corrected chi connectivity index (χ1v) is 14.9. The quantitative estimate of drug-likeness (QED) is 0.161. The Kier molecular flexibility index (Phi) is 12.4. The highest BCUT2D eigenvalue weighted by atomic mass is 19.1. The second kappa shape index (κ2) is 16.6. The molecular weight excluding hydrogens is 551 g/mol. The van der Waals surface area contributed by atoms with Gasteiger partial charge in [-0.15, -0.1) is 0 Å². The third-order valence-corrected chi connectivity index (χ3v) is 7.52. The zero-order valence-electron chi connectivity index (χ0n) is 24.7. The van der Waals surface area contributed by atoms with Crippen molar-refractivity contribution in [3.8, 4) is 17.2 Å². The second-order valence-electron chi connectivity index (χ2n) is 10.7. The molecule has 43 heavy (non-hydrogen) atoms. The Labute approximate surface area is 252 Å². The summed E-state index contributed by atoms with van der Waals surface area (Å²) in [6.07, 6.45) is 3.12. The van der Waals surface area contributed by atoms with Gasteiger partial charge in [0.25, 0.3) is 0 Å². The number of amides is 1. The highest BCUT2D eigenvalue weighted by molar-refractivity contribution is 5.96. The molecule has 0 aliphatic carbocycles. The first-order valence-electron chi connectivity index (χ1n) is 14.9. The van der Waals surface area contributed by atoms with E-state index in [9.17, 15) is 19.1 Å². The van der Waals surface area contributed by atoms with E-state index in [0.29, 0.717) is 48.4 Å². The van der Waals surface area contributed by atoms with Crippen LogP contribution in [0.15, 0.2) is 72.8 Å². The van der Waals surface area contributed by atoms with Crippen molar-refractivity contribution in [2.45, 2.75) is 50.7 Å². The summed E-state index contributed by atoms with van der Waals surface area (Å²) >= 11 is 0. The van der Waals surface area contributed by atoms with E-state index in [1.54, 1.807) is 73.8 Å². The monoisotopic (exact) mass is 592 g/mol. The van der Waals surface area contributed by atoms with Gasteiger partial charge in [0.1, 0.15) is 30.8 Å². The van der Waals surface area contributed by atoms with Gasteiger partial charge in [0.05, 0.1) is 13.2 Å². The number of hydrogen-bond acceptors (Lipinski definition) is 7. The average molecular weight is 593 g/mol. The number of rotatable bonds is 17. The van der Waals surface area contributed by atoms with Crippen molar-refractivity contribution in [1.29, 1.82) is 0 Å². The van der Waals surface area contributed by atoms with E-state index in [2.05, 4.69) is 10.2 Å². The van der Waals surface area contributed by atoms with Gasteiger partial charge in [0.2, 0.25) is 5.91 Å². The molecule has 9 heteroatoms. The highest BCUT2D eigenvalue weighted by Gasteiger charge is 2.26. The van der Waals surface area contributed by atoms with E-state index < -0.39 is 18.0 Å². The van der Waals surface area contributed by atoms with Gasteiger partial charge in [0, 0.05) is 24.9 Å². The molecule has 2 atom stereocenters. The molecule has 1 aliphatic heterocycles. The summed E-state index contributed by atoms with van der Waals surface area (Å²) in [7, 11) is 1.58. The van der Waals surface area contributed by atoms with E-state index in [1.165, 1.54) is 6.07 Å². The van der Waals surface area contributed by atoms with Crippen molar-refractivity contribution in [3.05, 3.63) is 89.7 Å². The fourth-order valence-corrected chi connectivity index (χ4v) is 5.11. The molecule has 1 fully saturated rings. The number of carbonyl (C=O) groups is 2. The molecule has 1 aliphatic rings. The van der Waals surface area contributed by atoms with Crippen LogP contribution >= 0.6 is 0 Å². The van der Waals surface area contributed by atoms with Crippen LogP contribution in [0.5, 0.6) is 17.2 Å². The van der Waals surface area contributed by atoms with Crippen molar-refractivity contribution in [2.75, 3.05) is 40.0 Å². The summed E-state index contributed by atoms with van der Waals surface area (Å²) in [6, 6.07) is 19.8. The smallest absolute Gasteiger partial charge is 0.220 e. The third kappa shape index (κ3) is 10.1. The van der Waals surface area contributed by atoms with Crippen molar-refractivity contribution in [1.82, 2.24) is 10.2 Å². The van der Waals surface area contributed by atoms with Gasteiger partial charge < -0.3 is 29.5 Å². The Bertz CT molecular complexity index is 1290. The predicted molar refractivity (Wildman–Crippen MR) is 162 cm³/mol. The number of halogens is 1. The topological polar surface area (TPSA) is 97.3 Å². The molecule has 3 aromatic carbocycles. The van der Waals surface area contributed by atoms with Crippen LogP contribution in [0.1, 0.15) is 60.6 Å². The normalized spacial score (nSPS) is 14.6. The maximum atomic E-state index is 13.7. The lowest BCUT2D eigenvalue weighted by Crippen LogP contribution is -2.46. The van der Waals surface area contributed by atoms with Crippen LogP contribution in [0.3, 0.4) is 0 Å². The molecule has 1 saturated heterocycles. The molecule has 8 nitrogen and oxygen atoms in total. The summed E-state index contributed by atoms with van der Waals surface area (Å²) in [6.45, 7) is 2.84. The Morgan fingerprint density at radius 2 is 1.53 bits per heavy atom. The van der Waals surface area contributed by atoms with E-state index in [0.717, 1.165) is 25.9 Å². The number of ketones is 1. The maximum absolute atomic E-state index is 13.7. The van der Waals surface area contributed by atoms with Gasteiger partial charge in [-0.05, 0) is 92.9 Å². The van der Waals surface area contributed by atoms with Gasteiger partial charge in [0.15, 0.2) is 17.3 Å². The van der Waals surface area contributed by atoms with Crippen molar-refractivity contribution in [3.63, 3.8) is 0 Å². The zero-order chi connectivity index (χ0) is 30.4. The lowest BCUT2D eigenvalue weighted by Gasteiger charge is -2.29. The van der Waals surface area contributed by atoms with Gasteiger partial charge in [-0.3, -0.25) is 9.59 Å². The number of benzene rings is 3. The number of nitrogens with zero attached hydrogens (tertiary/aromatic N) is 1. The van der Waals surface area contributed by atoms with Crippen LogP contribution in [-0.4, -0.2) is 67.7 Å². The molecule has 3 aromatic rings. The van der Waals surface area contributed by atoms with Crippen LogP contribution in [0.4, 0.5) is 4.39 Å². The summed E-state index contributed by atoms with van der Waals surface area (Å²) in [5.41, 5.74) is 1.30. The predicted octanol–water partition coefficient (Wildman–Crippen LogP) is 5.35. The zero-order valence-corrected chi connectivity index (χ0v) is 24.7. The summed E-state index contributed by atoms with van der Waals surface area (Å²) in [5, 5.41) is 14.3. The van der Waals surface area contributed by atoms with Crippen LogP contribution in [0.2, 0.25) is 0 Å². The summed E-state index contributed by atoms with van der Waals surface area (Å²) in [5.74, 6) is 0.948. The molecule has 0 bridgehead atoms. The lowest BCUT2D eigenvalue weighted by atomic mass is 10.0. The van der Waals surface area contributed by atoms with Crippen molar-refractivity contribution in [2.24, 2.45) is 0 Å².